The topological polar surface area (TPSA) is 29.5 Å². The molecule has 3 atom stereocenters. The number of aliphatic hydroxyl groups excluding tert-OH is 1. The Morgan fingerprint density at radius 1 is 0.900 bits per heavy atom. The van der Waals surface area contributed by atoms with Gasteiger partial charge in [0.1, 0.15) is 0 Å². The molecular formula is C27H36O2Si. The van der Waals surface area contributed by atoms with E-state index in [-0.39, 0.29) is 11.1 Å². The molecule has 2 aliphatic rings. The van der Waals surface area contributed by atoms with E-state index in [1.54, 1.807) is 0 Å². The second-order valence-electron chi connectivity index (χ2n) is 10.1. The number of aliphatic hydroxyl groups is 1. The Bertz CT molecular complexity index is 814. The van der Waals surface area contributed by atoms with Gasteiger partial charge in [0.15, 0.2) is 0 Å². The molecule has 2 aromatic carbocycles. The van der Waals surface area contributed by atoms with Gasteiger partial charge in [-0.25, -0.2) is 0 Å². The Hall–Kier alpha value is -1.68. The lowest BCUT2D eigenvalue weighted by atomic mass is 9.70. The van der Waals surface area contributed by atoms with Gasteiger partial charge in [0, 0.05) is 6.61 Å². The van der Waals surface area contributed by atoms with Crippen LogP contribution in [0.1, 0.15) is 52.9 Å². The first kappa shape index (κ1) is 21.5. The van der Waals surface area contributed by atoms with E-state index in [0.717, 1.165) is 25.9 Å². The summed E-state index contributed by atoms with van der Waals surface area (Å²) in [5.41, 5.74) is 1.29. The van der Waals surface area contributed by atoms with Crippen molar-refractivity contribution in [3.63, 3.8) is 0 Å². The first-order valence-corrected chi connectivity index (χ1v) is 13.5. The number of hydrogen-bond acceptors (Lipinski definition) is 2. The molecule has 1 fully saturated rings. The molecule has 0 spiro atoms. The first-order valence-electron chi connectivity index (χ1n) is 11.6. The Morgan fingerprint density at radius 3 is 2.07 bits per heavy atom. The van der Waals surface area contributed by atoms with Gasteiger partial charge in [0.25, 0.3) is 8.32 Å². The lowest BCUT2D eigenvalue weighted by Crippen LogP contribution is -2.67. The minimum Gasteiger partial charge on any atom is -0.407 e. The maximum atomic E-state index is 10.5. The molecule has 2 aromatic rings. The average Bonchev–Trinajstić information content (AvgIpc) is 2.75. The lowest BCUT2D eigenvalue weighted by molar-refractivity contribution is 0.109. The van der Waals surface area contributed by atoms with Gasteiger partial charge in [-0.15, -0.1) is 0 Å². The number of benzene rings is 2. The van der Waals surface area contributed by atoms with Crippen molar-refractivity contribution in [1.82, 2.24) is 0 Å². The molecule has 2 aliphatic carbocycles. The van der Waals surface area contributed by atoms with Crippen LogP contribution in [0.4, 0.5) is 0 Å². The summed E-state index contributed by atoms with van der Waals surface area (Å²) in [6, 6.07) is 21.8. The fourth-order valence-corrected chi connectivity index (χ4v) is 10.4. The minimum absolute atomic E-state index is 0.00905. The van der Waals surface area contributed by atoms with Crippen LogP contribution >= 0.6 is 0 Å². The van der Waals surface area contributed by atoms with E-state index in [4.69, 9.17) is 4.43 Å². The zero-order valence-corrected chi connectivity index (χ0v) is 19.7. The summed E-state index contributed by atoms with van der Waals surface area (Å²) < 4.78 is 7.22. The standard InChI is InChI=1S/C27H36O2Si/c1-27(2,3)30(22-13-6-4-7-14-22,23-15-8-5-9-16-23)29-20-21-12-10-18-25-24(21)17-11-19-26(25)28/h4-9,13-16,18,21,24,26,28H,10-12,17,19-20H2,1-3H3/t21-,24?,26-/m0/s1. The second kappa shape index (κ2) is 8.82. The van der Waals surface area contributed by atoms with Crippen LogP contribution in [0.5, 0.6) is 0 Å². The van der Waals surface area contributed by atoms with E-state index in [2.05, 4.69) is 87.5 Å². The predicted octanol–water partition coefficient (Wildman–Crippen LogP) is 5.06. The second-order valence-corrected chi connectivity index (χ2v) is 14.4. The molecule has 0 bridgehead atoms. The molecule has 2 nitrogen and oxygen atoms in total. The zero-order chi connectivity index (χ0) is 21.2. The molecule has 0 amide bonds. The van der Waals surface area contributed by atoms with Gasteiger partial charge in [-0.05, 0) is 64.9 Å². The van der Waals surface area contributed by atoms with Gasteiger partial charge < -0.3 is 9.53 Å². The molecule has 3 heteroatoms. The summed E-state index contributed by atoms with van der Waals surface area (Å²) in [7, 11) is -2.49. The van der Waals surface area contributed by atoms with E-state index < -0.39 is 8.32 Å². The first-order chi connectivity index (χ1) is 14.4. The van der Waals surface area contributed by atoms with E-state index in [0.29, 0.717) is 11.8 Å². The van der Waals surface area contributed by atoms with E-state index in [1.165, 1.54) is 28.8 Å². The third-order valence-electron chi connectivity index (χ3n) is 7.22. The van der Waals surface area contributed by atoms with E-state index >= 15 is 0 Å². The average molecular weight is 421 g/mol. The fraction of sp³-hybridized carbons (Fsp3) is 0.481. The maximum absolute atomic E-state index is 10.5. The Labute approximate surface area is 183 Å². The Kier molecular flexibility index (Phi) is 6.33. The highest BCUT2D eigenvalue weighted by atomic mass is 28.4. The largest absolute Gasteiger partial charge is 0.407 e. The summed E-state index contributed by atoms with van der Waals surface area (Å²) in [4.78, 5) is 0. The van der Waals surface area contributed by atoms with Crippen molar-refractivity contribution in [2.24, 2.45) is 11.8 Å². The highest BCUT2D eigenvalue weighted by molar-refractivity contribution is 6.99. The quantitative estimate of drug-likeness (QED) is 0.541. The van der Waals surface area contributed by atoms with Crippen LogP contribution < -0.4 is 10.4 Å². The van der Waals surface area contributed by atoms with Gasteiger partial charge in [0.2, 0.25) is 0 Å². The van der Waals surface area contributed by atoms with E-state index in [1.807, 2.05) is 0 Å². The molecule has 0 aliphatic heterocycles. The van der Waals surface area contributed by atoms with Gasteiger partial charge in [0.05, 0.1) is 6.10 Å². The zero-order valence-electron chi connectivity index (χ0n) is 18.7. The third-order valence-corrected chi connectivity index (χ3v) is 12.2. The smallest absolute Gasteiger partial charge is 0.261 e. The Morgan fingerprint density at radius 2 is 1.50 bits per heavy atom. The number of rotatable bonds is 5. The molecule has 1 N–H and O–H groups in total. The van der Waals surface area contributed by atoms with Crippen LogP contribution in [0.25, 0.3) is 0 Å². The molecule has 160 valence electrons. The van der Waals surface area contributed by atoms with Crippen molar-refractivity contribution >= 4 is 18.7 Å². The maximum Gasteiger partial charge on any atom is 0.261 e. The molecule has 0 radical (unpaired) electrons. The molecule has 30 heavy (non-hydrogen) atoms. The minimum atomic E-state index is -2.49. The molecule has 4 rings (SSSR count). The van der Waals surface area contributed by atoms with Crippen molar-refractivity contribution in [2.45, 2.75) is 64.0 Å². The summed E-state index contributed by atoms with van der Waals surface area (Å²) in [5.74, 6) is 0.988. The highest BCUT2D eigenvalue weighted by Gasteiger charge is 2.50. The van der Waals surface area contributed by atoms with Crippen LogP contribution in [0.15, 0.2) is 72.3 Å². The van der Waals surface area contributed by atoms with Crippen molar-refractivity contribution in [3.8, 4) is 0 Å². The normalized spacial score (nSPS) is 24.8. The summed E-state index contributed by atoms with van der Waals surface area (Å²) in [6.45, 7) is 7.81. The molecule has 0 heterocycles. The van der Waals surface area contributed by atoms with Gasteiger partial charge in [-0.3, -0.25) is 0 Å². The van der Waals surface area contributed by atoms with Crippen LogP contribution in [0, 0.1) is 11.8 Å². The van der Waals surface area contributed by atoms with Crippen molar-refractivity contribution in [1.29, 1.82) is 0 Å². The lowest BCUT2D eigenvalue weighted by Gasteiger charge is -2.45. The van der Waals surface area contributed by atoms with E-state index in [9.17, 15) is 5.11 Å². The van der Waals surface area contributed by atoms with Crippen molar-refractivity contribution in [2.75, 3.05) is 6.61 Å². The predicted molar refractivity (Wildman–Crippen MR) is 128 cm³/mol. The summed E-state index contributed by atoms with van der Waals surface area (Å²) in [6.07, 6.45) is 7.55. The van der Waals surface area contributed by atoms with Gasteiger partial charge in [-0.2, -0.15) is 0 Å². The monoisotopic (exact) mass is 420 g/mol. The molecule has 0 aromatic heterocycles. The molecule has 1 unspecified atom stereocenters. The number of fused-ring (bicyclic) bond motifs is 1. The third kappa shape index (κ3) is 3.95. The van der Waals surface area contributed by atoms with Crippen LogP contribution in [-0.2, 0) is 4.43 Å². The molecular weight excluding hydrogens is 384 g/mol. The van der Waals surface area contributed by atoms with Gasteiger partial charge >= 0.3 is 0 Å². The molecule has 1 saturated carbocycles. The fourth-order valence-electron chi connectivity index (χ4n) is 5.77. The SMILES string of the molecule is CC(C)(C)[Si](OC[C@@H]1CCC=C2C1CCC[C@@H]2O)(c1ccccc1)c1ccccc1. The van der Waals surface area contributed by atoms with Crippen molar-refractivity contribution < 1.29 is 9.53 Å². The Balaban J connectivity index is 1.70. The summed E-state index contributed by atoms with van der Waals surface area (Å²) >= 11 is 0. The summed E-state index contributed by atoms with van der Waals surface area (Å²) in [5, 5.41) is 13.2. The van der Waals surface area contributed by atoms with Crippen molar-refractivity contribution in [3.05, 3.63) is 72.3 Å². The highest BCUT2D eigenvalue weighted by Crippen LogP contribution is 2.42. The van der Waals surface area contributed by atoms with Crippen LogP contribution in [0.3, 0.4) is 0 Å². The van der Waals surface area contributed by atoms with Crippen LogP contribution in [0.2, 0.25) is 5.04 Å². The molecule has 0 saturated heterocycles. The van der Waals surface area contributed by atoms with Crippen LogP contribution in [-0.4, -0.2) is 26.1 Å². The van der Waals surface area contributed by atoms with Gasteiger partial charge in [-0.1, -0.05) is 87.5 Å². The number of hydrogen-bond donors (Lipinski definition) is 1. The number of allylic oxidation sites excluding steroid dienone is 1.